The van der Waals surface area contributed by atoms with Crippen molar-refractivity contribution in [2.45, 2.75) is 12.5 Å². The number of hydrogen-bond donors (Lipinski definition) is 1. The van der Waals surface area contributed by atoms with Gasteiger partial charge in [0, 0.05) is 30.3 Å². The number of likely N-dealkylation sites (N-methyl/N-ethyl adjacent to an activating group) is 1. The highest BCUT2D eigenvalue weighted by molar-refractivity contribution is 5.94. The molecule has 1 aromatic carbocycles. The second-order valence-electron chi connectivity index (χ2n) is 5.71. The van der Waals surface area contributed by atoms with Gasteiger partial charge in [-0.3, -0.25) is 10.2 Å². The van der Waals surface area contributed by atoms with Crippen LogP contribution >= 0.6 is 0 Å². The normalized spacial score (nSPS) is 28.1. The maximum Gasteiger partial charge on any atom is 0.0711 e. The minimum Gasteiger partial charge on any atom is -0.396 e. The van der Waals surface area contributed by atoms with Gasteiger partial charge in [0.25, 0.3) is 0 Å². The fourth-order valence-electron chi connectivity index (χ4n) is 3.60. The highest BCUT2D eigenvalue weighted by Gasteiger charge is 2.36. The van der Waals surface area contributed by atoms with Crippen molar-refractivity contribution in [2.75, 3.05) is 20.2 Å². The van der Waals surface area contributed by atoms with Crippen LogP contribution in [0.4, 0.5) is 5.69 Å². The molecule has 0 unspecified atom stereocenters. The highest BCUT2D eigenvalue weighted by atomic mass is 16.3. The molecule has 0 saturated carbocycles. The Balaban J connectivity index is 1.91. The SMILES string of the molecule is CN1C[C@H](CO)C=C2c3cccc4c3C(=C[N]4)C[C@H]21. The fraction of sp³-hybridized carbons (Fsp3) is 0.375. The van der Waals surface area contributed by atoms with Crippen molar-refractivity contribution in [3.63, 3.8) is 0 Å². The quantitative estimate of drug-likeness (QED) is 0.831. The molecule has 0 bridgehead atoms. The maximum absolute atomic E-state index is 9.46. The summed E-state index contributed by atoms with van der Waals surface area (Å²) < 4.78 is 0. The standard InChI is InChI=1S/C16H17N2O/c1-18-8-10(9-19)5-13-12-3-2-4-14-16(12)11(7-17-14)6-15(13)18/h2-5,7,10,15,19H,6,8-9H2,1H3/t10-,15-/m1/s1. The number of benzene rings is 1. The summed E-state index contributed by atoms with van der Waals surface area (Å²) in [5, 5.41) is 14.0. The van der Waals surface area contributed by atoms with Crippen molar-refractivity contribution >= 4 is 16.8 Å². The molecule has 4 rings (SSSR count). The first-order chi connectivity index (χ1) is 9.28. The van der Waals surface area contributed by atoms with E-state index in [4.69, 9.17) is 0 Å². The fourth-order valence-corrected chi connectivity index (χ4v) is 3.60. The van der Waals surface area contributed by atoms with Crippen LogP contribution in [0.25, 0.3) is 11.1 Å². The Morgan fingerprint density at radius 3 is 3.16 bits per heavy atom. The lowest BCUT2D eigenvalue weighted by Gasteiger charge is -2.40. The van der Waals surface area contributed by atoms with Crippen LogP contribution in [0.1, 0.15) is 17.5 Å². The first kappa shape index (κ1) is 11.3. The molecule has 3 nitrogen and oxygen atoms in total. The molecule has 3 aliphatic rings. The van der Waals surface area contributed by atoms with Gasteiger partial charge in [0.1, 0.15) is 0 Å². The number of hydrogen-bond acceptors (Lipinski definition) is 2. The molecule has 0 amide bonds. The van der Waals surface area contributed by atoms with Crippen molar-refractivity contribution in [3.8, 4) is 0 Å². The van der Waals surface area contributed by atoms with Gasteiger partial charge in [0.2, 0.25) is 0 Å². The largest absolute Gasteiger partial charge is 0.396 e. The molecule has 1 aliphatic carbocycles. The molecule has 2 heterocycles. The number of nitrogens with zero attached hydrogens (tertiary/aromatic N) is 2. The maximum atomic E-state index is 9.46. The molecule has 0 spiro atoms. The molecule has 1 radical (unpaired) electrons. The summed E-state index contributed by atoms with van der Waals surface area (Å²) >= 11 is 0. The molecular formula is C16H17N2O. The third-order valence-electron chi connectivity index (χ3n) is 4.51. The lowest BCUT2D eigenvalue weighted by Crippen LogP contribution is -2.42. The van der Waals surface area contributed by atoms with Gasteiger partial charge in [-0.1, -0.05) is 18.2 Å². The second-order valence-corrected chi connectivity index (χ2v) is 5.71. The Hall–Kier alpha value is -1.58. The van der Waals surface area contributed by atoms with Gasteiger partial charge in [0.05, 0.1) is 12.3 Å². The van der Waals surface area contributed by atoms with E-state index < -0.39 is 0 Å². The minimum absolute atomic E-state index is 0.225. The molecule has 0 fully saturated rings. The van der Waals surface area contributed by atoms with Gasteiger partial charge in [-0.15, -0.1) is 0 Å². The number of fused-ring (bicyclic) bond motifs is 2. The van der Waals surface area contributed by atoms with Crippen molar-refractivity contribution in [2.24, 2.45) is 5.92 Å². The van der Waals surface area contributed by atoms with E-state index >= 15 is 0 Å². The van der Waals surface area contributed by atoms with Gasteiger partial charge in [0.15, 0.2) is 0 Å². The zero-order valence-electron chi connectivity index (χ0n) is 11.0. The molecule has 0 saturated heterocycles. The molecule has 19 heavy (non-hydrogen) atoms. The number of aliphatic hydroxyl groups excluding tert-OH is 1. The van der Waals surface area contributed by atoms with Crippen molar-refractivity contribution in [3.05, 3.63) is 41.6 Å². The summed E-state index contributed by atoms with van der Waals surface area (Å²) in [5.41, 5.74) is 6.46. The summed E-state index contributed by atoms with van der Waals surface area (Å²) in [7, 11) is 2.15. The summed E-state index contributed by atoms with van der Waals surface area (Å²) in [6.45, 7) is 1.16. The van der Waals surface area contributed by atoms with E-state index in [1.165, 1.54) is 22.3 Å². The monoisotopic (exact) mass is 253 g/mol. The van der Waals surface area contributed by atoms with Crippen molar-refractivity contribution in [1.29, 1.82) is 0 Å². The average molecular weight is 253 g/mol. The third-order valence-corrected chi connectivity index (χ3v) is 4.51. The molecule has 97 valence electrons. The predicted octanol–water partition coefficient (Wildman–Crippen LogP) is 1.99. The van der Waals surface area contributed by atoms with E-state index in [1.54, 1.807) is 0 Å². The van der Waals surface area contributed by atoms with E-state index in [-0.39, 0.29) is 12.5 Å². The smallest absolute Gasteiger partial charge is 0.0711 e. The lowest BCUT2D eigenvalue weighted by atomic mass is 9.77. The second kappa shape index (κ2) is 3.95. The summed E-state index contributed by atoms with van der Waals surface area (Å²) in [6.07, 6.45) is 5.33. The van der Waals surface area contributed by atoms with Crippen LogP contribution in [0, 0.1) is 5.92 Å². The van der Waals surface area contributed by atoms with Crippen molar-refractivity contribution < 1.29 is 5.11 Å². The van der Waals surface area contributed by atoms with E-state index in [0.717, 1.165) is 18.7 Å². The zero-order chi connectivity index (χ0) is 13.0. The van der Waals surface area contributed by atoms with E-state index in [0.29, 0.717) is 6.04 Å². The van der Waals surface area contributed by atoms with Gasteiger partial charge in [-0.05, 0) is 36.2 Å². The molecule has 1 N–H and O–H groups in total. The Kier molecular flexibility index (Phi) is 2.34. The Morgan fingerprint density at radius 2 is 2.32 bits per heavy atom. The minimum atomic E-state index is 0.225. The summed E-state index contributed by atoms with van der Waals surface area (Å²) in [5.74, 6) is 0.246. The molecule has 3 heteroatoms. The Labute approximate surface area is 113 Å². The molecule has 2 atom stereocenters. The average Bonchev–Trinajstić information content (AvgIpc) is 2.85. The zero-order valence-corrected chi connectivity index (χ0v) is 11.0. The first-order valence-corrected chi connectivity index (χ1v) is 6.84. The van der Waals surface area contributed by atoms with E-state index in [9.17, 15) is 5.11 Å². The van der Waals surface area contributed by atoms with E-state index in [1.807, 2.05) is 6.20 Å². The molecular weight excluding hydrogens is 236 g/mol. The summed E-state index contributed by atoms with van der Waals surface area (Å²) in [4.78, 5) is 2.37. The first-order valence-electron chi connectivity index (χ1n) is 6.84. The van der Waals surface area contributed by atoms with Crippen LogP contribution in [0.5, 0.6) is 0 Å². The number of rotatable bonds is 1. The number of aliphatic hydroxyl groups is 1. The van der Waals surface area contributed by atoms with Crippen LogP contribution in [0.3, 0.4) is 0 Å². The molecule has 2 aliphatic heterocycles. The summed E-state index contributed by atoms with van der Waals surface area (Å²) in [6, 6.07) is 6.80. The van der Waals surface area contributed by atoms with Gasteiger partial charge in [-0.25, -0.2) is 0 Å². The Morgan fingerprint density at radius 1 is 1.42 bits per heavy atom. The lowest BCUT2D eigenvalue weighted by molar-refractivity contribution is 0.182. The third kappa shape index (κ3) is 1.52. The van der Waals surface area contributed by atoms with Crippen LogP contribution in [-0.2, 0) is 0 Å². The highest BCUT2D eigenvalue weighted by Crippen LogP contribution is 2.47. The molecule has 0 aromatic heterocycles. The van der Waals surface area contributed by atoms with Gasteiger partial charge in [-0.2, -0.15) is 0 Å². The topological polar surface area (TPSA) is 37.6 Å². The van der Waals surface area contributed by atoms with Gasteiger partial charge >= 0.3 is 0 Å². The van der Waals surface area contributed by atoms with Crippen LogP contribution in [-0.4, -0.2) is 36.2 Å². The molecule has 1 aromatic rings. The Bertz CT molecular complexity index is 603. The van der Waals surface area contributed by atoms with Crippen LogP contribution in [0.2, 0.25) is 0 Å². The predicted molar refractivity (Wildman–Crippen MR) is 75.8 cm³/mol. The van der Waals surface area contributed by atoms with Crippen molar-refractivity contribution in [1.82, 2.24) is 10.2 Å². The van der Waals surface area contributed by atoms with E-state index in [2.05, 4.69) is 41.5 Å². The van der Waals surface area contributed by atoms with Crippen LogP contribution < -0.4 is 5.32 Å². The van der Waals surface area contributed by atoms with Gasteiger partial charge < -0.3 is 5.11 Å². The van der Waals surface area contributed by atoms with Crippen LogP contribution in [0.15, 0.2) is 30.5 Å².